The first-order valence-corrected chi connectivity index (χ1v) is 33.3. The van der Waals surface area contributed by atoms with Crippen LogP contribution in [0.1, 0.15) is 186 Å². The highest BCUT2D eigenvalue weighted by molar-refractivity contribution is 7.89. The molecule has 4 atom stereocenters. The molecule has 0 saturated carbocycles. The minimum atomic E-state index is -4.03. The third-order valence-electron chi connectivity index (χ3n) is 16.3. The van der Waals surface area contributed by atoms with Crippen LogP contribution in [-0.4, -0.2) is 65.9 Å². The van der Waals surface area contributed by atoms with Crippen molar-refractivity contribution in [3.05, 3.63) is 121 Å². The van der Waals surface area contributed by atoms with Crippen LogP contribution >= 0.6 is 0 Å². The lowest BCUT2D eigenvalue weighted by atomic mass is 9.97. The SMILES string of the molecule is CCCCC(CC)CN(CC(CC)CCCC)S(=O)(=O)c1cccc(N=Nc2c(C)c(C#N)c(=O)n(-c3cccc(-n4c(C#N)c(N=Nc5cccc(S(=O)(=O)N(CC(CC)CCCC)CC(CC)CCCC)c5)c(C)c(C#N)c4=O)c3)c2O)c1. The minimum Gasteiger partial charge on any atom is -0.493 e. The Labute approximate surface area is 504 Å². The van der Waals surface area contributed by atoms with Gasteiger partial charge in [0.1, 0.15) is 35.0 Å². The highest BCUT2D eigenvalue weighted by Gasteiger charge is 2.32. The molecule has 0 bridgehead atoms. The first-order chi connectivity index (χ1) is 40.8. The van der Waals surface area contributed by atoms with Crippen LogP contribution in [0.4, 0.5) is 22.7 Å². The van der Waals surface area contributed by atoms with Crippen LogP contribution in [0.3, 0.4) is 0 Å². The standard InChI is InChI=1S/C65H87N11O7S2/c1-11-19-26-48(15-5)42-73(43-49(16-6)27-20-12-2)84(80,81)56-34-23-30-52(36-56)69-71-61-46(9)58(39-66)63(77)75(60(61)41-68)54-32-25-33-55(38-54)76-64(78)59(40-67)47(10)62(65(76)79)72-70-53-31-24-35-57(37-53)85(82,83)74(44-50(17-7)28-21-13-3)45-51(18-8)29-22-14-4/h23-25,30-38,48-51,79H,11-22,26-29,42-45H2,1-10H3. The molecule has 5 rings (SSSR count). The van der Waals surface area contributed by atoms with E-state index in [0.29, 0.717) is 26.2 Å². The summed E-state index contributed by atoms with van der Waals surface area (Å²) in [5.41, 5.74) is -3.26. The Kier molecular flexibility index (Phi) is 26.6. The molecule has 2 heterocycles. The number of pyridine rings is 2. The van der Waals surface area contributed by atoms with E-state index in [-0.39, 0.29) is 90.0 Å². The van der Waals surface area contributed by atoms with E-state index in [1.807, 2.05) is 18.2 Å². The fraction of sp³-hybridized carbons (Fsp3) is 0.523. The summed E-state index contributed by atoms with van der Waals surface area (Å²) in [4.78, 5) is 28.5. The Morgan fingerprint density at radius 1 is 0.494 bits per heavy atom. The zero-order chi connectivity index (χ0) is 62.4. The molecule has 85 heavy (non-hydrogen) atoms. The predicted molar refractivity (Wildman–Crippen MR) is 335 cm³/mol. The second-order valence-corrected chi connectivity index (χ2v) is 26.1. The predicted octanol–water partition coefficient (Wildman–Crippen LogP) is 15.6. The van der Waals surface area contributed by atoms with E-state index in [0.717, 1.165) is 112 Å². The Morgan fingerprint density at radius 3 is 1.21 bits per heavy atom. The summed E-state index contributed by atoms with van der Waals surface area (Å²) in [5, 5.41) is 61.0. The Hall–Kier alpha value is -7.15. The summed E-state index contributed by atoms with van der Waals surface area (Å²) < 4.78 is 63.5. The molecule has 4 unspecified atom stereocenters. The van der Waals surface area contributed by atoms with Crippen LogP contribution in [0.5, 0.6) is 5.88 Å². The van der Waals surface area contributed by atoms with Crippen molar-refractivity contribution in [1.29, 1.82) is 15.8 Å². The summed E-state index contributed by atoms with van der Waals surface area (Å²) in [6, 6.07) is 23.5. The van der Waals surface area contributed by atoms with Crippen molar-refractivity contribution >= 4 is 42.8 Å². The lowest BCUT2D eigenvalue weighted by Gasteiger charge is -2.30. The zero-order valence-electron chi connectivity index (χ0n) is 51.5. The van der Waals surface area contributed by atoms with Crippen molar-refractivity contribution in [2.45, 2.75) is 182 Å². The van der Waals surface area contributed by atoms with Gasteiger partial charge in [0, 0.05) is 37.3 Å². The van der Waals surface area contributed by atoms with Gasteiger partial charge in [0.15, 0.2) is 11.4 Å². The second-order valence-electron chi connectivity index (χ2n) is 22.2. The van der Waals surface area contributed by atoms with Gasteiger partial charge in [-0.25, -0.2) is 21.4 Å². The van der Waals surface area contributed by atoms with Crippen molar-refractivity contribution in [3.8, 4) is 35.5 Å². The molecule has 3 aromatic carbocycles. The molecule has 2 aromatic heterocycles. The van der Waals surface area contributed by atoms with E-state index in [4.69, 9.17) is 0 Å². The Balaban J connectivity index is 1.59. The Bertz CT molecular complexity index is 3590. The number of rotatable bonds is 34. The topological polar surface area (TPSA) is 260 Å². The van der Waals surface area contributed by atoms with E-state index in [1.54, 1.807) is 32.9 Å². The fourth-order valence-electron chi connectivity index (χ4n) is 10.7. The molecular weight excluding hydrogens is 1110 g/mol. The number of benzene rings is 3. The quantitative estimate of drug-likeness (QED) is 0.0381. The highest BCUT2D eigenvalue weighted by Crippen LogP contribution is 2.37. The van der Waals surface area contributed by atoms with Crippen LogP contribution in [0.2, 0.25) is 0 Å². The molecule has 0 spiro atoms. The first-order valence-electron chi connectivity index (χ1n) is 30.4. The first kappa shape index (κ1) is 68.6. The monoisotopic (exact) mass is 1200 g/mol. The summed E-state index contributed by atoms with van der Waals surface area (Å²) in [6.45, 7) is 21.2. The van der Waals surface area contributed by atoms with Crippen molar-refractivity contribution in [2.24, 2.45) is 44.1 Å². The summed E-state index contributed by atoms with van der Waals surface area (Å²) in [6.07, 6.45) is 15.0. The molecule has 0 aliphatic heterocycles. The molecular formula is C65H87N11O7S2. The van der Waals surface area contributed by atoms with E-state index < -0.39 is 42.6 Å². The van der Waals surface area contributed by atoms with Gasteiger partial charge in [0.05, 0.1) is 32.5 Å². The van der Waals surface area contributed by atoms with E-state index in [1.165, 1.54) is 62.4 Å². The third-order valence-corrected chi connectivity index (χ3v) is 20.0. The number of aromatic hydroxyl groups is 1. The smallest absolute Gasteiger partial charge is 0.276 e. The maximum Gasteiger partial charge on any atom is 0.276 e. The van der Waals surface area contributed by atoms with Crippen LogP contribution in [0, 0.1) is 71.5 Å². The maximum absolute atomic E-state index is 14.6. The van der Waals surface area contributed by atoms with Gasteiger partial charge in [0.25, 0.3) is 11.1 Å². The van der Waals surface area contributed by atoms with Gasteiger partial charge in [-0.05, 0) is 118 Å². The molecule has 20 heteroatoms. The lowest BCUT2D eigenvalue weighted by Crippen LogP contribution is -2.39. The normalized spacial score (nSPS) is 13.5. The molecule has 0 aliphatic carbocycles. The van der Waals surface area contributed by atoms with E-state index in [9.17, 15) is 47.3 Å². The molecule has 5 aromatic rings. The van der Waals surface area contributed by atoms with Gasteiger partial charge in [0.2, 0.25) is 25.9 Å². The number of hydrogen-bond acceptors (Lipinski definition) is 14. The molecule has 0 amide bonds. The molecule has 456 valence electrons. The third kappa shape index (κ3) is 17.1. The second kappa shape index (κ2) is 32.9. The summed E-state index contributed by atoms with van der Waals surface area (Å²) in [5.74, 6) is -0.0482. The number of aromatic nitrogens is 2. The van der Waals surface area contributed by atoms with Crippen LogP contribution in [0.25, 0.3) is 11.4 Å². The van der Waals surface area contributed by atoms with Crippen molar-refractivity contribution < 1.29 is 21.9 Å². The van der Waals surface area contributed by atoms with Crippen LogP contribution in [0.15, 0.2) is 113 Å². The van der Waals surface area contributed by atoms with Gasteiger partial charge in [-0.15, -0.1) is 10.2 Å². The Morgan fingerprint density at radius 2 is 0.847 bits per heavy atom. The van der Waals surface area contributed by atoms with Gasteiger partial charge in [-0.2, -0.15) is 34.6 Å². The number of nitriles is 3. The lowest BCUT2D eigenvalue weighted by molar-refractivity contribution is 0.270. The number of sulfonamides is 2. The summed E-state index contributed by atoms with van der Waals surface area (Å²) in [7, 11) is -8.06. The number of azo groups is 2. The van der Waals surface area contributed by atoms with Gasteiger partial charge in [-0.1, -0.05) is 151 Å². The molecule has 0 aliphatic rings. The van der Waals surface area contributed by atoms with E-state index in [2.05, 4.69) is 75.8 Å². The minimum absolute atomic E-state index is 0.0118. The molecule has 0 fully saturated rings. The largest absolute Gasteiger partial charge is 0.493 e. The summed E-state index contributed by atoms with van der Waals surface area (Å²) >= 11 is 0. The fourth-order valence-corrected chi connectivity index (χ4v) is 14.0. The highest BCUT2D eigenvalue weighted by atomic mass is 32.2. The van der Waals surface area contributed by atoms with Crippen LogP contribution in [-0.2, 0) is 20.0 Å². The van der Waals surface area contributed by atoms with Crippen molar-refractivity contribution in [3.63, 3.8) is 0 Å². The van der Waals surface area contributed by atoms with Gasteiger partial charge >= 0.3 is 0 Å². The zero-order valence-corrected chi connectivity index (χ0v) is 53.1. The average molecular weight is 1200 g/mol. The number of nitrogens with zero attached hydrogens (tertiary/aromatic N) is 11. The number of hydrogen-bond donors (Lipinski definition) is 1. The van der Waals surface area contributed by atoms with E-state index >= 15 is 0 Å². The maximum atomic E-state index is 14.6. The average Bonchev–Trinajstić information content (AvgIpc) is 1.56. The molecule has 1 N–H and O–H groups in total. The molecule has 0 saturated heterocycles. The van der Waals surface area contributed by atoms with Crippen LogP contribution < -0.4 is 11.1 Å². The number of unbranched alkanes of at least 4 members (excludes halogenated alkanes) is 4. The van der Waals surface area contributed by atoms with Gasteiger partial charge < -0.3 is 5.11 Å². The molecule has 18 nitrogen and oxygen atoms in total. The van der Waals surface area contributed by atoms with Gasteiger partial charge in [-0.3, -0.25) is 14.2 Å². The molecule has 0 radical (unpaired) electrons. The van der Waals surface area contributed by atoms with Crippen molar-refractivity contribution in [1.82, 2.24) is 17.7 Å². The van der Waals surface area contributed by atoms with Crippen molar-refractivity contribution in [2.75, 3.05) is 26.2 Å².